The number of hydrogen-bond acceptors (Lipinski definition) is 3. The van der Waals surface area contributed by atoms with E-state index in [0.29, 0.717) is 6.04 Å². The molecule has 1 aromatic carbocycles. The van der Waals surface area contributed by atoms with E-state index in [2.05, 4.69) is 39.5 Å². The average molecular weight is 282 g/mol. The summed E-state index contributed by atoms with van der Waals surface area (Å²) in [5.74, 6) is 0. The molecule has 0 spiro atoms. The lowest BCUT2D eigenvalue weighted by molar-refractivity contribution is 0.317. The van der Waals surface area contributed by atoms with Crippen LogP contribution in [-0.4, -0.2) is 39.6 Å². The first kappa shape index (κ1) is 13.0. The van der Waals surface area contributed by atoms with E-state index in [4.69, 9.17) is 0 Å². The van der Waals surface area contributed by atoms with Gasteiger partial charge in [-0.15, -0.1) is 0 Å². The Labute approximate surface area is 125 Å². The highest BCUT2D eigenvalue weighted by molar-refractivity contribution is 5.34. The van der Waals surface area contributed by atoms with Crippen molar-refractivity contribution < 1.29 is 0 Å². The predicted octanol–water partition coefficient (Wildman–Crippen LogP) is 2.20. The van der Waals surface area contributed by atoms with Gasteiger partial charge in [-0.05, 0) is 37.0 Å². The van der Waals surface area contributed by atoms with Gasteiger partial charge >= 0.3 is 0 Å². The van der Waals surface area contributed by atoms with Crippen LogP contribution in [0.15, 0.2) is 43.0 Å². The van der Waals surface area contributed by atoms with E-state index in [1.165, 1.54) is 37.9 Å². The van der Waals surface area contributed by atoms with Gasteiger partial charge in [-0.25, -0.2) is 4.98 Å². The Morgan fingerprint density at radius 3 is 2.71 bits per heavy atom. The molecule has 2 heterocycles. The van der Waals surface area contributed by atoms with Gasteiger partial charge < -0.3 is 9.88 Å². The molecule has 4 heteroatoms. The number of rotatable bonds is 5. The van der Waals surface area contributed by atoms with E-state index in [1.807, 2.05) is 17.1 Å². The lowest BCUT2D eigenvalue weighted by Gasteiger charge is -2.16. The van der Waals surface area contributed by atoms with Gasteiger partial charge in [0.25, 0.3) is 0 Å². The molecular weight excluding hydrogens is 260 g/mol. The summed E-state index contributed by atoms with van der Waals surface area (Å²) in [6, 6.07) is 10.3. The third-order valence-corrected chi connectivity index (χ3v) is 4.62. The summed E-state index contributed by atoms with van der Waals surface area (Å²) >= 11 is 0. The zero-order valence-electron chi connectivity index (χ0n) is 12.3. The average Bonchev–Trinajstić information content (AvgIpc) is 3.04. The van der Waals surface area contributed by atoms with Crippen molar-refractivity contribution in [1.82, 2.24) is 19.8 Å². The molecule has 1 aliphatic carbocycles. The maximum atomic E-state index is 4.08. The first-order chi connectivity index (χ1) is 10.4. The van der Waals surface area contributed by atoms with Crippen molar-refractivity contribution in [1.29, 1.82) is 0 Å². The fourth-order valence-corrected chi connectivity index (χ4v) is 3.19. The molecule has 4 nitrogen and oxygen atoms in total. The Morgan fingerprint density at radius 2 is 2.00 bits per heavy atom. The summed E-state index contributed by atoms with van der Waals surface area (Å²) in [6.45, 7) is 3.48. The van der Waals surface area contributed by atoms with Gasteiger partial charge in [0.2, 0.25) is 0 Å². The summed E-state index contributed by atoms with van der Waals surface area (Å²) in [4.78, 5) is 6.73. The molecule has 1 atom stereocenters. The van der Waals surface area contributed by atoms with Crippen molar-refractivity contribution in [3.05, 3.63) is 48.5 Å². The van der Waals surface area contributed by atoms with Gasteiger partial charge in [0.15, 0.2) is 0 Å². The van der Waals surface area contributed by atoms with Crippen LogP contribution in [0, 0.1) is 0 Å². The monoisotopic (exact) mass is 282 g/mol. The molecule has 2 aliphatic rings. The van der Waals surface area contributed by atoms with Crippen molar-refractivity contribution in [2.75, 3.05) is 13.1 Å². The molecule has 1 saturated carbocycles. The SMILES string of the molecule is c1cn(-c2ccc(CNC3CCN(C4CC4)C3)cc2)cn1. The largest absolute Gasteiger partial charge is 0.309 e. The molecule has 1 aromatic heterocycles. The van der Waals surface area contributed by atoms with Gasteiger partial charge in [0.05, 0.1) is 6.33 Å². The van der Waals surface area contributed by atoms with Crippen LogP contribution in [0.5, 0.6) is 0 Å². The molecule has 1 saturated heterocycles. The Balaban J connectivity index is 1.31. The summed E-state index contributed by atoms with van der Waals surface area (Å²) < 4.78 is 2.03. The quantitative estimate of drug-likeness (QED) is 0.912. The molecule has 1 aliphatic heterocycles. The van der Waals surface area contributed by atoms with Crippen LogP contribution in [0.2, 0.25) is 0 Å². The smallest absolute Gasteiger partial charge is 0.0991 e. The number of likely N-dealkylation sites (tertiary alicyclic amines) is 1. The van der Waals surface area contributed by atoms with Crippen molar-refractivity contribution in [2.45, 2.75) is 37.9 Å². The first-order valence-electron chi connectivity index (χ1n) is 7.93. The third kappa shape index (κ3) is 3.01. The normalized spacial score (nSPS) is 22.8. The van der Waals surface area contributed by atoms with Crippen LogP contribution in [0.3, 0.4) is 0 Å². The molecule has 1 unspecified atom stereocenters. The third-order valence-electron chi connectivity index (χ3n) is 4.62. The lowest BCUT2D eigenvalue weighted by atomic mass is 10.2. The van der Waals surface area contributed by atoms with E-state index in [1.54, 1.807) is 6.20 Å². The van der Waals surface area contributed by atoms with Gasteiger partial charge in [-0.1, -0.05) is 12.1 Å². The Hall–Kier alpha value is -1.65. The van der Waals surface area contributed by atoms with Gasteiger partial charge in [-0.3, -0.25) is 4.90 Å². The van der Waals surface area contributed by atoms with Gasteiger partial charge in [0, 0.05) is 49.8 Å². The number of hydrogen-bond donors (Lipinski definition) is 1. The van der Waals surface area contributed by atoms with Crippen molar-refractivity contribution in [3.63, 3.8) is 0 Å². The van der Waals surface area contributed by atoms with Crippen molar-refractivity contribution in [2.24, 2.45) is 0 Å². The summed E-state index contributed by atoms with van der Waals surface area (Å²) in [5.41, 5.74) is 2.51. The van der Waals surface area contributed by atoms with Gasteiger partial charge in [0.1, 0.15) is 0 Å². The van der Waals surface area contributed by atoms with Crippen LogP contribution < -0.4 is 5.32 Å². The summed E-state index contributed by atoms with van der Waals surface area (Å²) in [5, 5.41) is 3.70. The molecule has 0 amide bonds. The Bertz CT molecular complexity index is 571. The van der Waals surface area contributed by atoms with E-state index >= 15 is 0 Å². The number of nitrogens with zero attached hydrogens (tertiary/aromatic N) is 3. The second kappa shape index (κ2) is 5.62. The molecule has 2 fully saturated rings. The highest BCUT2D eigenvalue weighted by Crippen LogP contribution is 2.29. The van der Waals surface area contributed by atoms with E-state index in [0.717, 1.165) is 18.3 Å². The lowest BCUT2D eigenvalue weighted by Crippen LogP contribution is -2.32. The van der Waals surface area contributed by atoms with Crippen LogP contribution in [0.25, 0.3) is 5.69 Å². The number of imidazole rings is 1. The highest BCUT2D eigenvalue weighted by Gasteiger charge is 2.33. The molecule has 2 aromatic rings. The van der Waals surface area contributed by atoms with E-state index in [-0.39, 0.29) is 0 Å². The van der Waals surface area contributed by atoms with Crippen LogP contribution >= 0.6 is 0 Å². The molecule has 0 bridgehead atoms. The van der Waals surface area contributed by atoms with Crippen LogP contribution in [-0.2, 0) is 6.54 Å². The number of benzene rings is 1. The van der Waals surface area contributed by atoms with Crippen molar-refractivity contribution >= 4 is 0 Å². The van der Waals surface area contributed by atoms with Crippen molar-refractivity contribution in [3.8, 4) is 5.69 Å². The standard InChI is InChI=1S/C17H22N4/c1-3-17(21-10-8-18-13-21)4-2-14(1)11-19-15-7-9-20(12-15)16-5-6-16/h1-4,8,10,13,15-16,19H,5-7,9,11-12H2. The second-order valence-corrected chi connectivity index (χ2v) is 6.23. The summed E-state index contributed by atoms with van der Waals surface area (Å²) in [7, 11) is 0. The first-order valence-corrected chi connectivity index (χ1v) is 7.93. The maximum Gasteiger partial charge on any atom is 0.0991 e. The molecule has 4 rings (SSSR count). The second-order valence-electron chi connectivity index (χ2n) is 6.23. The molecule has 21 heavy (non-hydrogen) atoms. The fraction of sp³-hybridized carbons (Fsp3) is 0.471. The predicted molar refractivity (Wildman–Crippen MR) is 83.4 cm³/mol. The minimum atomic E-state index is 0.666. The minimum Gasteiger partial charge on any atom is -0.309 e. The highest BCUT2D eigenvalue weighted by atomic mass is 15.2. The number of aromatic nitrogens is 2. The molecular formula is C17H22N4. The molecule has 110 valence electrons. The zero-order chi connectivity index (χ0) is 14.1. The van der Waals surface area contributed by atoms with Crippen LogP contribution in [0.4, 0.5) is 0 Å². The topological polar surface area (TPSA) is 33.1 Å². The molecule has 1 N–H and O–H groups in total. The van der Waals surface area contributed by atoms with E-state index in [9.17, 15) is 0 Å². The Kier molecular flexibility index (Phi) is 3.49. The zero-order valence-corrected chi connectivity index (χ0v) is 12.3. The van der Waals surface area contributed by atoms with Crippen LogP contribution in [0.1, 0.15) is 24.8 Å². The minimum absolute atomic E-state index is 0.666. The van der Waals surface area contributed by atoms with E-state index < -0.39 is 0 Å². The maximum absolute atomic E-state index is 4.08. The molecule has 0 radical (unpaired) electrons. The van der Waals surface area contributed by atoms with Gasteiger partial charge in [-0.2, -0.15) is 0 Å². The summed E-state index contributed by atoms with van der Waals surface area (Å²) in [6.07, 6.45) is 9.74. The Morgan fingerprint density at radius 1 is 1.14 bits per heavy atom. The number of nitrogens with one attached hydrogen (secondary N) is 1. The fourth-order valence-electron chi connectivity index (χ4n) is 3.19.